The maximum absolute atomic E-state index is 13.5. The Hall–Kier alpha value is -4.52. The molecule has 1 aliphatic rings. The summed E-state index contributed by atoms with van der Waals surface area (Å²) in [7, 11) is 0. The molecule has 3 aromatic carbocycles. The summed E-state index contributed by atoms with van der Waals surface area (Å²) in [5.41, 5.74) is 2.40. The summed E-state index contributed by atoms with van der Waals surface area (Å²) in [5, 5.41) is 2.96. The maximum Gasteiger partial charge on any atom is 0.244 e. The van der Waals surface area contributed by atoms with Crippen molar-refractivity contribution >= 4 is 28.3 Å². The van der Waals surface area contributed by atoms with Crippen LogP contribution in [-0.4, -0.2) is 12.2 Å². The van der Waals surface area contributed by atoms with Gasteiger partial charge in [0.1, 0.15) is 18.5 Å². The molecule has 0 saturated carbocycles. The van der Waals surface area contributed by atoms with Gasteiger partial charge >= 0.3 is 0 Å². The van der Waals surface area contributed by atoms with E-state index in [0.717, 1.165) is 11.1 Å². The number of hydrogen-bond donors (Lipinski definition) is 1. The van der Waals surface area contributed by atoms with Crippen LogP contribution in [0, 0.1) is 0 Å². The molecule has 0 bridgehead atoms. The lowest BCUT2D eigenvalue weighted by Gasteiger charge is -2.14. The van der Waals surface area contributed by atoms with Crippen LogP contribution >= 0.6 is 0 Å². The zero-order valence-electron chi connectivity index (χ0n) is 19.0. The molecule has 5 rings (SSSR count). The van der Waals surface area contributed by atoms with Crippen molar-refractivity contribution in [3.8, 4) is 5.75 Å². The van der Waals surface area contributed by atoms with E-state index in [4.69, 9.17) is 18.6 Å². The topological polar surface area (TPSA) is 87.0 Å². The van der Waals surface area contributed by atoms with Gasteiger partial charge in [-0.25, -0.2) is 0 Å². The molecule has 35 heavy (non-hydrogen) atoms. The molecule has 4 aromatic rings. The van der Waals surface area contributed by atoms with Crippen molar-refractivity contribution in [1.29, 1.82) is 0 Å². The number of ether oxygens (including phenoxy) is 3. The van der Waals surface area contributed by atoms with Crippen molar-refractivity contribution < 1.29 is 23.4 Å². The van der Waals surface area contributed by atoms with Crippen LogP contribution in [0.3, 0.4) is 0 Å². The van der Waals surface area contributed by atoms with Gasteiger partial charge in [-0.15, -0.1) is 0 Å². The minimum atomic E-state index is -0.558. The molecule has 1 aromatic heterocycles. The zero-order chi connectivity index (χ0) is 24.2. The number of carbonyl (C=O) groups excluding carboxylic acids is 1. The van der Waals surface area contributed by atoms with Gasteiger partial charge < -0.3 is 23.9 Å². The average Bonchev–Trinajstić information content (AvgIpc) is 3.33. The van der Waals surface area contributed by atoms with Crippen molar-refractivity contribution in [3.63, 3.8) is 0 Å². The van der Waals surface area contributed by atoms with Crippen LogP contribution in [0.25, 0.3) is 16.7 Å². The number of rotatable bonds is 7. The highest BCUT2D eigenvalue weighted by Crippen LogP contribution is 2.34. The largest absolute Gasteiger partial charge is 0.481 e. The van der Waals surface area contributed by atoms with Crippen molar-refractivity contribution in [1.82, 2.24) is 0 Å². The first-order chi connectivity index (χ1) is 17.1. The molecule has 7 nitrogen and oxygen atoms in total. The molecule has 1 amide bonds. The van der Waals surface area contributed by atoms with Crippen LogP contribution in [-0.2, 0) is 27.3 Å². The summed E-state index contributed by atoms with van der Waals surface area (Å²) in [6.45, 7) is 1.57. The first-order valence-electron chi connectivity index (χ1n) is 11.2. The zero-order valence-corrected chi connectivity index (χ0v) is 19.0. The third-order valence-electron chi connectivity index (χ3n) is 5.45. The molecule has 0 spiro atoms. The molecule has 1 aliphatic heterocycles. The number of hydrogen-bond acceptors (Lipinski definition) is 6. The van der Waals surface area contributed by atoms with E-state index in [9.17, 15) is 9.59 Å². The molecule has 2 heterocycles. The number of amides is 1. The van der Waals surface area contributed by atoms with E-state index in [1.165, 1.54) is 13.2 Å². The smallest absolute Gasteiger partial charge is 0.244 e. The average molecular weight is 469 g/mol. The van der Waals surface area contributed by atoms with Crippen LogP contribution < -0.4 is 15.5 Å². The summed E-state index contributed by atoms with van der Waals surface area (Å²) in [6.07, 6.45) is 1.41. The van der Waals surface area contributed by atoms with Gasteiger partial charge in [-0.1, -0.05) is 60.7 Å². The molecule has 0 radical (unpaired) electrons. The van der Waals surface area contributed by atoms with Crippen molar-refractivity contribution in [2.75, 3.05) is 5.32 Å². The lowest BCUT2D eigenvalue weighted by molar-refractivity contribution is -0.114. The minimum absolute atomic E-state index is 0.0107. The number of nitrogens with one attached hydrogen (secondary N) is 1. The highest BCUT2D eigenvalue weighted by molar-refractivity contribution is 5.92. The van der Waals surface area contributed by atoms with E-state index >= 15 is 0 Å². The predicted molar refractivity (Wildman–Crippen MR) is 132 cm³/mol. The normalized spacial score (nSPS) is 14.7. The Balaban J connectivity index is 1.49. The Labute approximate surface area is 201 Å². The fourth-order valence-corrected chi connectivity index (χ4v) is 3.82. The quantitative estimate of drug-likeness (QED) is 0.398. The highest BCUT2D eigenvalue weighted by atomic mass is 16.7. The van der Waals surface area contributed by atoms with Gasteiger partial charge in [-0.2, -0.15) is 0 Å². The molecule has 0 fully saturated rings. The Bertz CT molecular complexity index is 1440. The van der Waals surface area contributed by atoms with Gasteiger partial charge in [-0.05, 0) is 29.3 Å². The first kappa shape index (κ1) is 22.3. The van der Waals surface area contributed by atoms with Gasteiger partial charge in [0.25, 0.3) is 0 Å². The fourth-order valence-electron chi connectivity index (χ4n) is 3.82. The summed E-state index contributed by atoms with van der Waals surface area (Å²) in [6, 6.07) is 24.2. The van der Waals surface area contributed by atoms with Crippen molar-refractivity contribution in [2.24, 2.45) is 0 Å². The molecule has 1 atom stereocenters. The van der Waals surface area contributed by atoms with Crippen LogP contribution in [0.1, 0.15) is 23.8 Å². The number of fused-ring (bicyclic) bond motifs is 1. The van der Waals surface area contributed by atoms with Gasteiger partial charge in [0.15, 0.2) is 0 Å². The van der Waals surface area contributed by atoms with Gasteiger partial charge in [0, 0.05) is 19.0 Å². The van der Waals surface area contributed by atoms with E-state index in [1.807, 2.05) is 60.7 Å². The standard InChI is InChI=1S/C28H23NO6/c1-18(30)29-21-12-13-23-22(15-21)26(31)28(33-16-20-10-6-3-7-11-20)27(35-23)24-17-32-25(34-24)14-19-8-4-2-5-9-19/h2-13,15,17,25H,14,16H2,1H3,(H,29,30). The SMILES string of the molecule is CC(=O)Nc1ccc2oc(C3=COC(Cc4ccccc4)O3)c(OCc3ccccc3)c(=O)c2c1. The fraction of sp³-hybridized carbons (Fsp3) is 0.143. The van der Waals surface area contributed by atoms with E-state index in [-0.39, 0.29) is 40.6 Å². The Morgan fingerprint density at radius 2 is 1.69 bits per heavy atom. The third kappa shape index (κ3) is 5.04. The number of benzene rings is 3. The van der Waals surface area contributed by atoms with Crippen molar-refractivity contribution in [3.05, 3.63) is 112 Å². The first-order valence-corrected chi connectivity index (χ1v) is 11.2. The maximum atomic E-state index is 13.5. The van der Waals surface area contributed by atoms with Crippen LogP contribution in [0.5, 0.6) is 5.75 Å². The lowest BCUT2D eigenvalue weighted by Crippen LogP contribution is -2.14. The Morgan fingerprint density at radius 3 is 2.40 bits per heavy atom. The molecule has 176 valence electrons. The molecule has 1 unspecified atom stereocenters. The molecule has 7 heteroatoms. The summed E-state index contributed by atoms with van der Waals surface area (Å²) in [5.74, 6) is 0.203. The second-order valence-corrected chi connectivity index (χ2v) is 8.11. The van der Waals surface area contributed by atoms with E-state index in [2.05, 4.69) is 5.32 Å². The highest BCUT2D eigenvalue weighted by Gasteiger charge is 2.28. The molecule has 0 aliphatic carbocycles. The second-order valence-electron chi connectivity index (χ2n) is 8.11. The van der Waals surface area contributed by atoms with E-state index < -0.39 is 6.29 Å². The van der Waals surface area contributed by atoms with Crippen LogP contribution in [0.4, 0.5) is 5.69 Å². The summed E-state index contributed by atoms with van der Waals surface area (Å²) in [4.78, 5) is 25.0. The summed E-state index contributed by atoms with van der Waals surface area (Å²) < 4.78 is 23.8. The van der Waals surface area contributed by atoms with Gasteiger partial charge in [0.2, 0.25) is 34.9 Å². The number of carbonyl (C=O) groups is 1. The number of anilines is 1. The monoisotopic (exact) mass is 469 g/mol. The third-order valence-corrected chi connectivity index (χ3v) is 5.45. The van der Waals surface area contributed by atoms with Crippen LogP contribution in [0.15, 0.2) is 94.3 Å². The van der Waals surface area contributed by atoms with Crippen LogP contribution in [0.2, 0.25) is 0 Å². The molecule has 0 saturated heterocycles. The predicted octanol–water partition coefficient (Wildman–Crippen LogP) is 5.24. The summed E-state index contributed by atoms with van der Waals surface area (Å²) >= 11 is 0. The van der Waals surface area contributed by atoms with E-state index in [0.29, 0.717) is 17.7 Å². The minimum Gasteiger partial charge on any atom is -0.481 e. The van der Waals surface area contributed by atoms with Gasteiger partial charge in [-0.3, -0.25) is 9.59 Å². The van der Waals surface area contributed by atoms with E-state index in [1.54, 1.807) is 18.2 Å². The van der Waals surface area contributed by atoms with Gasteiger partial charge in [0.05, 0.1) is 5.39 Å². The van der Waals surface area contributed by atoms with Crippen molar-refractivity contribution in [2.45, 2.75) is 26.2 Å². The molecular formula is C28H23NO6. The molecule has 1 N–H and O–H groups in total. The lowest BCUT2D eigenvalue weighted by atomic mass is 10.1. The molecular weight excluding hydrogens is 446 g/mol. The Kier molecular flexibility index (Phi) is 6.22. The second kappa shape index (κ2) is 9.77. The Morgan fingerprint density at radius 1 is 0.971 bits per heavy atom.